The van der Waals surface area contributed by atoms with Gasteiger partial charge in [0.25, 0.3) is 0 Å². The van der Waals surface area contributed by atoms with Crippen LogP contribution >= 0.6 is 0 Å². The van der Waals surface area contributed by atoms with Gasteiger partial charge in [-0.1, -0.05) is 61.0 Å². The molecule has 1 unspecified atom stereocenters. The van der Waals surface area contributed by atoms with Crippen LogP contribution in [0.5, 0.6) is 0 Å². The van der Waals surface area contributed by atoms with Crippen molar-refractivity contribution in [3.63, 3.8) is 0 Å². The van der Waals surface area contributed by atoms with E-state index in [9.17, 15) is 4.79 Å². The second kappa shape index (κ2) is 5.63. The van der Waals surface area contributed by atoms with Crippen molar-refractivity contribution >= 4 is 5.78 Å². The molecular weight excluding hydrogens is 220 g/mol. The molecule has 1 heteroatoms. The van der Waals surface area contributed by atoms with Crippen molar-refractivity contribution in [3.05, 3.63) is 71.3 Å². The lowest BCUT2D eigenvalue weighted by molar-refractivity contribution is 0.0929. The van der Waals surface area contributed by atoms with E-state index in [1.165, 1.54) is 5.56 Å². The molecule has 0 saturated carbocycles. The molecule has 92 valence electrons. The number of carbonyl (C=O) groups is 1. The summed E-state index contributed by atoms with van der Waals surface area (Å²) in [5, 5.41) is 0. The summed E-state index contributed by atoms with van der Waals surface area (Å²) < 4.78 is 0. The summed E-state index contributed by atoms with van der Waals surface area (Å²) in [6.07, 6.45) is 0.799. The SMILES string of the molecule is Cc1cccc(C(=O)C(C)Cc2ccccc2)c1. The number of ketones is 1. The maximum Gasteiger partial charge on any atom is 0.166 e. The zero-order valence-electron chi connectivity index (χ0n) is 10.9. The average molecular weight is 238 g/mol. The zero-order chi connectivity index (χ0) is 13.0. The summed E-state index contributed by atoms with van der Waals surface area (Å²) in [5.74, 6) is 0.247. The summed E-state index contributed by atoms with van der Waals surface area (Å²) >= 11 is 0. The van der Waals surface area contributed by atoms with Gasteiger partial charge in [-0.05, 0) is 25.0 Å². The number of rotatable bonds is 4. The first kappa shape index (κ1) is 12.6. The summed E-state index contributed by atoms with van der Waals surface area (Å²) in [6.45, 7) is 4.01. The first-order chi connectivity index (χ1) is 8.66. The molecule has 0 spiro atoms. The molecule has 0 saturated heterocycles. The summed E-state index contributed by atoms with van der Waals surface area (Å²) in [6, 6.07) is 18.0. The Bertz CT molecular complexity index is 528. The lowest BCUT2D eigenvalue weighted by Crippen LogP contribution is -2.14. The molecule has 0 aromatic heterocycles. The molecular formula is C17H18O. The van der Waals surface area contributed by atoms with E-state index in [1.54, 1.807) is 0 Å². The minimum atomic E-state index is 0.0224. The third-order valence-electron chi connectivity index (χ3n) is 3.13. The highest BCUT2D eigenvalue weighted by molar-refractivity contribution is 5.97. The number of hydrogen-bond donors (Lipinski definition) is 0. The second-order valence-corrected chi connectivity index (χ2v) is 4.82. The van der Waals surface area contributed by atoms with Crippen LogP contribution in [-0.4, -0.2) is 5.78 Å². The molecule has 1 nitrogen and oxygen atoms in total. The van der Waals surface area contributed by atoms with Crippen molar-refractivity contribution in [2.75, 3.05) is 0 Å². The Labute approximate surface area is 108 Å². The van der Waals surface area contributed by atoms with Gasteiger partial charge >= 0.3 is 0 Å². The molecule has 0 bridgehead atoms. The van der Waals surface area contributed by atoms with Crippen LogP contribution in [0.25, 0.3) is 0 Å². The molecule has 2 rings (SSSR count). The largest absolute Gasteiger partial charge is 0.294 e. The van der Waals surface area contributed by atoms with Gasteiger partial charge in [0.2, 0.25) is 0 Å². The molecule has 0 radical (unpaired) electrons. The van der Waals surface area contributed by atoms with Crippen molar-refractivity contribution < 1.29 is 4.79 Å². The third kappa shape index (κ3) is 3.07. The molecule has 1 atom stereocenters. The van der Waals surface area contributed by atoms with Gasteiger partial charge < -0.3 is 0 Å². The van der Waals surface area contributed by atoms with Crippen LogP contribution in [0.4, 0.5) is 0 Å². The van der Waals surface area contributed by atoms with Crippen molar-refractivity contribution in [2.45, 2.75) is 20.3 Å². The highest BCUT2D eigenvalue weighted by atomic mass is 16.1. The number of carbonyl (C=O) groups excluding carboxylic acids is 1. The molecule has 0 aliphatic heterocycles. The van der Waals surface area contributed by atoms with Gasteiger partial charge in [0.15, 0.2) is 5.78 Å². The van der Waals surface area contributed by atoms with Gasteiger partial charge in [-0.2, -0.15) is 0 Å². The number of aryl methyl sites for hydroxylation is 1. The lowest BCUT2D eigenvalue weighted by Gasteiger charge is -2.11. The van der Waals surface area contributed by atoms with Crippen LogP contribution in [-0.2, 0) is 6.42 Å². The molecule has 0 heterocycles. The summed E-state index contributed by atoms with van der Waals surface area (Å²) in [5.41, 5.74) is 3.16. The molecule has 18 heavy (non-hydrogen) atoms. The number of Topliss-reactive ketones (excluding diaryl/α,β-unsaturated/α-hetero) is 1. The predicted octanol–water partition coefficient (Wildman–Crippen LogP) is 4.06. The van der Waals surface area contributed by atoms with E-state index in [0.717, 1.165) is 17.5 Å². The zero-order valence-corrected chi connectivity index (χ0v) is 10.9. The fourth-order valence-corrected chi connectivity index (χ4v) is 2.14. The van der Waals surface area contributed by atoms with Crippen LogP contribution in [0.2, 0.25) is 0 Å². The topological polar surface area (TPSA) is 17.1 Å². The Morgan fingerprint density at radius 3 is 2.44 bits per heavy atom. The fraction of sp³-hybridized carbons (Fsp3) is 0.235. The number of benzene rings is 2. The van der Waals surface area contributed by atoms with Crippen LogP contribution in [0.3, 0.4) is 0 Å². The van der Waals surface area contributed by atoms with Crippen LogP contribution < -0.4 is 0 Å². The molecule has 0 amide bonds. The minimum Gasteiger partial charge on any atom is -0.294 e. The van der Waals surface area contributed by atoms with Crippen LogP contribution in [0.15, 0.2) is 54.6 Å². The van der Waals surface area contributed by atoms with Gasteiger partial charge in [-0.3, -0.25) is 4.79 Å². The fourth-order valence-electron chi connectivity index (χ4n) is 2.14. The Morgan fingerprint density at radius 1 is 1.06 bits per heavy atom. The van der Waals surface area contributed by atoms with E-state index in [0.29, 0.717) is 0 Å². The van der Waals surface area contributed by atoms with Crippen molar-refractivity contribution in [3.8, 4) is 0 Å². The van der Waals surface area contributed by atoms with E-state index in [-0.39, 0.29) is 11.7 Å². The van der Waals surface area contributed by atoms with Gasteiger partial charge in [-0.25, -0.2) is 0 Å². The van der Waals surface area contributed by atoms with E-state index < -0.39 is 0 Å². The standard InChI is InChI=1S/C17H18O/c1-13-7-6-10-16(11-13)17(18)14(2)12-15-8-4-3-5-9-15/h3-11,14H,12H2,1-2H3. The van der Waals surface area contributed by atoms with E-state index in [2.05, 4.69) is 12.1 Å². The average Bonchev–Trinajstić information content (AvgIpc) is 2.39. The molecule has 0 N–H and O–H groups in total. The van der Waals surface area contributed by atoms with Crippen LogP contribution in [0.1, 0.15) is 28.4 Å². The van der Waals surface area contributed by atoms with Gasteiger partial charge in [0.05, 0.1) is 0 Å². The van der Waals surface area contributed by atoms with E-state index >= 15 is 0 Å². The highest BCUT2D eigenvalue weighted by Crippen LogP contribution is 2.15. The molecule has 0 aliphatic rings. The van der Waals surface area contributed by atoms with Crippen molar-refractivity contribution in [2.24, 2.45) is 5.92 Å². The predicted molar refractivity (Wildman–Crippen MR) is 74.8 cm³/mol. The molecule has 0 aliphatic carbocycles. The van der Waals surface area contributed by atoms with Crippen molar-refractivity contribution in [1.29, 1.82) is 0 Å². The molecule has 2 aromatic rings. The van der Waals surface area contributed by atoms with Crippen molar-refractivity contribution in [1.82, 2.24) is 0 Å². The first-order valence-electron chi connectivity index (χ1n) is 6.31. The van der Waals surface area contributed by atoms with Gasteiger partial charge in [0, 0.05) is 11.5 Å². The van der Waals surface area contributed by atoms with Gasteiger partial charge in [-0.15, -0.1) is 0 Å². The normalized spacial score (nSPS) is 12.1. The second-order valence-electron chi connectivity index (χ2n) is 4.82. The Morgan fingerprint density at radius 2 is 1.78 bits per heavy atom. The van der Waals surface area contributed by atoms with E-state index in [4.69, 9.17) is 0 Å². The Kier molecular flexibility index (Phi) is 3.93. The quantitative estimate of drug-likeness (QED) is 0.734. The monoisotopic (exact) mass is 238 g/mol. The van der Waals surface area contributed by atoms with Crippen LogP contribution in [0, 0.1) is 12.8 Å². The third-order valence-corrected chi connectivity index (χ3v) is 3.13. The maximum absolute atomic E-state index is 12.3. The first-order valence-corrected chi connectivity index (χ1v) is 6.31. The Hall–Kier alpha value is -1.89. The lowest BCUT2D eigenvalue weighted by atomic mass is 9.92. The smallest absolute Gasteiger partial charge is 0.166 e. The number of hydrogen-bond acceptors (Lipinski definition) is 1. The minimum absolute atomic E-state index is 0.0224. The molecule has 0 fully saturated rings. The highest BCUT2D eigenvalue weighted by Gasteiger charge is 2.15. The van der Waals surface area contributed by atoms with E-state index in [1.807, 2.05) is 56.3 Å². The van der Waals surface area contributed by atoms with Gasteiger partial charge in [0.1, 0.15) is 0 Å². The summed E-state index contributed by atoms with van der Waals surface area (Å²) in [7, 11) is 0. The Balaban J connectivity index is 2.10. The molecule has 2 aromatic carbocycles. The summed E-state index contributed by atoms with van der Waals surface area (Å²) in [4.78, 5) is 12.3. The maximum atomic E-state index is 12.3.